The van der Waals surface area contributed by atoms with Crippen LogP contribution in [0.1, 0.15) is 25.7 Å². The molecule has 180 valence electrons. The highest BCUT2D eigenvalue weighted by atomic mass is 79.9. The maximum Gasteiger partial charge on any atom is 0.183 e. The monoisotopic (exact) mass is 534 g/mol. The molecule has 0 spiro atoms. The molecule has 7 nitrogen and oxygen atoms in total. The highest BCUT2D eigenvalue weighted by Gasteiger charge is 2.29. The van der Waals surface area contributed by atoms with Crippen molar-refractivity contribution in [2.45, 2.75) is 25.7 Å². The number of nitrogens with one attached hydrogen (secondary N) is 1. The van der Waals surface area contributed by atoms with Crippen LogP contribution in [0.4, 0.5) is 26.0 Å². The number of nitrogens with zero attached hydrogens (tertiary/aromatic N) is 3. The first-order chi connectivity index (χ1) is 16.4. The summed E-state index contributed by atoms with van der Waals surface area (Å²) in [7, 11) is 0. The summed E-state index contributed by atoms with van der Waals surface area (Å²) in [5, 5.41) is 3.38. The van der Waals surface area contributed by atoms with Crippen molar-refractivity contribution in [2.24, 2.45) is 0 Å². The number of nitrogen functional groups attached to an aromatic ring is 1. The maximum absolute atomic E-state index is 14.3. The lowest BCUT2D eigenvalue weighted by Gasteiger charge is -2.41. The average molecular weight is 535 g/mol. The van der Waals surface area contributed by atoms with Crippen molar-refractivity contribution in [3.63, 3.8) is 0 Å². The summed E-state index contributed by atoms with van der Waals surface area (Å²) < 4.78 is 35.2. The van der Waals surface area contributed by atoms with E-state index < -0.39 is 11.6 Å². The Kier molecular flexibility index (Phi) is 7.57. The molecule has 2 aromatic carbocycles. The van der Waals surface area contributed by atoms with E-state index in [1.54, 1.807) is 12.1 Å². The number of aldehydes is 1. The van der Waals surface area contributed by atoms with Gasteiger partial charge >= 0.3 is 0 Å². The smallest absolute Gasteiger partial charge is 0.183 e. The Morgan fingerprint density at radius 3 is 2.68 bits per heavy atom. The second kappa shape index (κ2) is 10.6. The van der Waals surface area contributed by atoms with Gasteiger partial charge in [0.2, 0.25) is 0 Å². The Bertz CT molecular complexity index is 1190. The fourth-order valence-corrected chi connectivity index (χ4v) is 4.80. The summed E-state index contributed by atoms with van der Waals surface area (Å²) in [4.78, 5) is 19.4. The molecule has 0 bridgehead atoms. The van der Waals surface area contributed by atoms with Crippen LogP contribution >= 0.6 is 15.9 Å². The predicted molar refractivity (Wildman–Crippen MR) is 131 cm³/mol. The quantitative estimate of drug-likeness (QED) is 0.174. The van der Waals surface area contributed by atoms with Gasteiger partial charge < -0.3 is 25.1 Å². The molecule has 3 N–H and O–H groups in total. The van der Waals surface area contributed by atoms with Crippen LogP contribution in [-0.4, -0.2) is 53.5 Å². The van der Waals surface area contributed by atoms with E-state index in [1.807, 2.05) is 0 Å². The molecule has 0 saturated carbocycles. The van der Waals surface area contributed by atoms with E-state index in [2.05, 4.69) is 31.2 Å². The molecule has 0 unspecified atom stereocenters. The fraction of sp³-hybridized carbons (Fsp3) is 0.375. The summed E-state index contributed by atoms with van der Waals surface area (Å²) in [6.07, 6.45) is 6.42. The Morgan fingerprint density at radius 2 is 1.91 bits per heavy atom. The van der Waals surface area contributed by atoms with Gasteiger partial charge in [0.15, 0.2) is 11.6 Å². The average Bonchev–Trinajstić information content (AvgIpc) is 2.84. The fourth-order valence-electron chi connectivity index (χ4n) is 4.49. The Morgan fingerprint density at radius 1 is 1.12 bits per heavy atom. The van der Waals surface area contributed by atoms with Gasteiger partial charge in [-0.05, 0) is 53.4 Å². The van der Waals surface area contributed by atoms with Gasteiger partial charge in [-0.15, -0.1) is 0 Å². The lowest BCUT2D eigenvalue weighted by molar-refractivity contribution is -0.931. The van der Waals surface area contributed by atoms with Crippen LogP contribution in [-0.2, 0) is 4.79 Å². The molecule has 2 heterocycles. The molecular weight excluding hydrogens is 508 g/mol. The second-order valence-corrected chi connectivity index (χ2v) is 9.43. The third kappa shape index (κ3) is 5.28. The number of likely N-dealkylation sites (tertiary alicyclic amines) is 1. The first-order valence-electron chi connectivity index (χ1n) is 11.3. The van der Waals surface area contributed by atoms with E-state index in [9.17, 15) is 13.6 Å². The van der Waals surface area contributed by atoms with Crippen molar-refractivity contribution in [1.82, 2.24) is 9.97 Å². The van der Waals surface area contributed by atoms with Crippen molar-refractivity contribution in [3.05, 3.63) is 46.7 Å². The van der Waals surface area contributed by atoms with Crippen LogP contribution in [0.15, 0.2) is 35.1 Å². The third-order valence-corrected chi connectivity index (χ3v) is 6.98. The number of piperidine rings is 1. The van der Waals surface area contributed by atoms with Gasteiger partial charge in [-0.1, -0.05) is 0 Å². The number of ether oxygens (including phenoxy) is 1. The van der Waals surface area contributed by atoms with Crippen molar-refractivity contribution < 1.29 is 22.8 Å². The van der Waals surface area contributed by atoms with Gasteiger partial charge in [0.25, 0.3) is 0 Å². The number of rotatable bonds is 9. The van der Waals surface area contributed by atoms with E-state index in [0.717, 1.165) is 49.8 Å². The van der Waals surface area contributed by atoms with E-state index in [1.165, 1.54) is 24.9 Å². The van der Waals surface area contributed by atoms with Crippen molar-refractivity contribution >= 4 is 50.3 Å². The first-order valence-corrected chi connectivity index (χ1v) is 12.1. The zero-order valence-electron chi connectivity index (χ0n) is 18.7. The normalized spacial score (nSPS) is 15.3. The Hall–Kier alpha value is -2.85. The molecule has 0 amide bonds. The molecule has 4 rings (SSSR count). The van der Waals surface area contributed by atoms with Crippen molar-refractivity contribution in [3.8, 4) is 5.75 Å². The van der Waals surface area contributed by atoms with Crippen LogP contribution in [0.5, 0.6) is 5.75 Å². The summed E-state index contributed by atoms with van der Waals surface area (Å²) in [5.74, 6) is -1.20. The second-order valence-electron chi connectivity index (χ2n) is 8.58. The Labute approximate surface area is 205 Å². The number of quaternary nitrogens is 1. The van der Waals surface area contributed by atoms with Gasteiger partial charge in [0.05, 0.1) is 47.4 Å². The van der Waals surface area contributed by atoms with Gasteiger partial charge in [-0.2, -0.15) is 0 Å². The number of hydrogen-bond acceptors (Lipinski definition) is 6. The number of carbonyl (C=O) groups excluding carboxylic acids is 1. The third-order valence-electron chi connectivity index (χ3n) is 6.36. The molecule has 34 heavy (non-hydrogen) atoms. The number of fused-ring (bicyclic) bond motifs is 1. The van der Waals surface area contributed by atoms with E-state index in [0.29, 0.717) is 41.2 Å². The predicted octanol–water partition coefficient (Wildman–Crippen LogP) is 4.96. The summed E-state index contributed by atoms with van der Waals surface area (Å²) in [5.41, 5.74) is 7.16. The van der Waals surface area contributed by atoms with E-state index >= 15 is 0 Å². The molecule has 1 saturated heterocycles. The number of halogens is 3. The van der Waals surface area contributed by atoms with Gasteiger partial charge in [0, 0.05) is 11.5 Å². The molecule has 0 radical (unpaired) electrons. The van der Waals surface area contributed by atoms with Crippen molar-refractivity contribution in [2.75, 3.05) is 43.8 Å². The van der Waals surface area contributed by atoms with Gasteiger partial charge in [-0.3, -0.25) is 0 Å². The number of aromatic nitrogens is 2. The lowest BCUT2D eigenvalue weighted by Crippen LogP contribution is -2.54. The molecular formula is C24H27BrF2N5O2+. The topological polar surface area (TPSA) is 90.1 Å². The summed E-state index contributed by atoms with van der Waals surface area (Å²) in [6.45, 7) is 4.21. The number of anilines is 3. The highest BCUT2D eigenvalue weighted by Crippen LogP contribution is 2.33. The van der Waals surface area contributed by atoms with Gasteiger partial charge in [-0.25, -0.2) is 18.7 Å². The molecule has 0 atom stereocenters. The lowest BCUT2D eigenvalue weighted by atomic mass is 10.1. The molecule has 10 heteroatoms. The molecule has 0 aliphatic carbocycles. The molecule has 3 aromatic rings. The minimum atomic E-state index is -1.02. The number of benzene rings is 2. The SMILES string of the molecule is Nc1cc2c(Nc3ccc(Br)c(F)c3F)ncnc2cc1OCC[N+]1(CCC=O)CCCCC1. The Balaban J connectivity index is 1.52. The van der Waals surface area contributed by atoms with E-state index in [-0.39, 0.29) is 10.2 Å². The van der Waals surface area contributed by atoms with Crippen LogP contribution in [0, 0.1) is 11.6 Å². The van der Waals surface area contributed by atoms with Crippen LogP contribution in [0.25, 0.3) is 10.9 Å². The van der Waals surface area contributed by atoms with Crippen molar-refractivity contribution in [1.29, 1.82) is 0 Å². The first kappa shape index (κ1) is 24.3. The molecule has 1 fully saturated rings. The minimum absolute atomic E-state index is 0.0360. The van der Waals surface area contributed by atoms with E-state index in [4.69, 9.17) is 10.5 Å². The largest absolute Gasteiger partial charge is 0.485 e. The number of hydrogen-bond donors (Lipinski definition) is 2. The van der Waals surface area contributed by atoms with Crippen LogP contribution in [0.2, 0.25) is 0 Å². The summed E-state index contributed by atoms with van der Waals surface area (Å²) >= 11 is 2.97. The zero-order chi connectivity index (χ0) is 24.1. The number of nitrogens with two attached hydrogens (primary N) is 1. The highest BCUT2D eigenvalue weighted by molar-refractivity contribution is 9.10. The standard InChI is InChI=1S/C24H27BrF2N5O2/c25-17-5-6-19(23(27)22(17)26)31-24-16-13-18(28)21(14-20(16)29-15-30-24)34-12-10-32(9-4-11-33)7-2-1-3-8-32/h5-6,11,13-15H,1-4,7-10,12,28H2,(H,29,30,31)/q+1. The minimum Gasteiger partial charge on any atom is -0.485 e. The molecule has 1 aromatic heterocycles. The molecule has 1 aliphatic rings. The zero-order valence-corrected chi connectivity index (χ0v) is 20.3. The van der Waals surface area contributed by atoms with Gasteiger partial charge in [0.1, 0.15) is 37.3 Å². The maximum atomic E-state index is 14.3. The van der Waals surface area contributed by atoms with Crippen LogP contribution < -0.4 is 15.8 Å². The van der Waals surface area contributed by atoms with Crippen LogP contribution in [0.3, 0.4) is 0 Å². The summed E-state index contributed by atoms with van der Waals surface area (Å²) in [6, 6.07) is 6.22. The number of carbonyl (C=O) groups is 1. The molecule has 1 aliphatic heterocycles.